The standard InChI is InChI=1S/C53H10Br16Cl2N4O8/c54-26-18-19(27(55)35(63)34(26)62)47(77)16(46(18)76)14-3-1-10-42(72-14)12(70)6-8(44(10)74-50(80)22-23(51(74)81)31(59)39(67)38(66)30(22)58)5-9-7-13(71)43-11(45(9)75-52(82)24-25(53(75)83)33(61)41(69)40(68)32(24)60)2-4-15(73-43)17-48(78)20-21(49(17)79)29(57)37(65)36(64)28(20)56/h1-4,6-7,16-17H,5H2. The maximum Gasteiger partial charge on any atom is 0.267 e. The fourth-order valence-electron chi connectivity index (χ4n) is 10.6. The van der Waals surface area contributed by atoms with Gasteiger partial charge in [0.1, 0.15) is 11.8 Å². The molecule has 0 spiro atoms. The van der Waals surface area contributed by atoms with Gasteiger partial charge in [0.25, 0.3) is 23.6 Å². The average molecular weight is 2180 g/mol. The minimum absolute atomic E-state index is 0.00588. The highest BCUT2D eigenvalue weighted by Crippen LogP contribution is 2.54. The van der Waals surface area contributed by atoms with Gasteiger partial charge in [0.15, 0.2) is 23.1 Å². The molecule has 6 aromatic carbocycles. The Labute approximate surface area is 610 Å². The van der Waals surface area contributed by atoms with Crippen LogP contribution >= 0.6 is 278 Å². The van der Waals surface area contributed by atoms with Crippen LogP contribution in [-0.2, 0) is 6.42 Å². The van der Waals surface area contributed by atoms with E-state index < -0.39 is 58.6 Å². The van der Waals surface area contributed by atoms with Crippen LogP contribution in [-0.4, -0.2) is 56.7 Å². The maximum atomic E-state index is 15.2. The summed E-state index contributed by atoms with van der Waals surface area (Å²) in [6, 6.07) is 8.82. The Morgan fingerprint density at radius 3 is 0.807 bits per heavy atom. The molecule has 2 aliphatic carbocycles. The largest absolute Gasteiger partial charge is 0.293 e. The van der Waals surface area contributed by atoms with Crippen molar-refractivity contribution in [2.75, 3.05) is 9.80 Å². The Balaban J connectivity index is 1.09. The average Bonchev–Trinajstić information content (AvgIpc) is 2.28. The molecule has 0 N–H and O–H groups in total. The second-order valence-corrected chi connectivity index (χ2v) is 31.9. The smallest absolute Gasteiger partial charge is 0.267 e. The van der Waals surface area contributed by atoms with Crippen molar-refractivity contribution in [3.05, 3.63) is 185 Å². The summed E-state index contributed by atoms with van der Waals surface area (Å²) in [7, 11) is 0. The lowest BCUT2D eigenvalue weighted by Gasteiger charge is -2.25. The monoisotopic (exact) mass is 2160 g/mol. The normalized spacial score (nSPS) is 15.2. The van der Waals surface area contributed by atoms with Crippen LogP contribution in [0.2, 0.25) is 10.0 Å². The minimum atomic E-state index is -1.44. The molecule has 0 bridgehead atoms. The van der Waals surface area contributed by atoms with Crippen molar-refractivity contribution in [1.29, 1.82) is 0 Å². The Bertz CT molecular complexity index is 4220. The van der Waals surface area contributed by atoms with Gasteiger partial charge < -0.3 is 0 Å². The summed E-state index contributed by atoms with van der Waals surface area (Å²) in [6.07, 6.45) is -0.340. The molecule has 12 nitrogen and oxygen atoms in total. The first-order chi connectivity index (χ1) is 39.1. The predicted molar refractivity (Wildman–Crippen MR) is 370 cm³/mol. The SMILES string of the molecule is O=C1c2c(Br)c(Br)c(Br)c(Br)c2C(=O)C1c1ccc2c(N3C(=O)c4c(Br)c(Br)c(Br)c(Br)c4C3=O)c(Cc3cc(Cl)c4nc(C5C(=O)c6c(Br)c(Br)c(Br)c(Br)c6C5=O)ccc4c3N3C(=O)c4c(Br)c(Br)c(Br)c(Br)c4C3=O)cc(Cl)c2n1. The van der Waals surface area contributed by atoms with E-state index in [4.69, 9.17) is 33.2 Å². The first-order valence-corrected chi connectivity index (χ1v) is 36.1. The third-order valence-electron chi connectivity index (χ3n) is 14.2. The lowest BCUT2D eigenvalue weighted by atomic mass is 9.93. The zero-order valence-corrected chi connectivity index (χ0v) is 66.1. The van der Waals surface area contributed by atoms with Gasteiger partial charge in [-0.1, -0.05) is 23.2 Å². The van der Waals surface area contributed by atoms with Crippen LogP contribution in [0.4, 0.5) is 11.4 Å². The van der Waals surface area contributed by atoms with Crippen molar-refractivity contribution in [2.24, 2.45) is 0 Å². The van der Waals surface area contributed by atoms with E-state index in [1.807, 2.05) is 0 Å². The number of anilines is 2. The summed E-state index contributed by atoms with van der Waals surface area (Å²) in [5.41, 5.74) is 0.685. The molecule has 8 aromatic rings. The summed E-state index contributed by atoms with van der Waals surface area (Å²) in [6.45, 7) is 0. The molecule has 0 atom stereocenters. The zero-order chi connectivity index (χ0) is 60.1. The second kappa shape index (κ2) is 22.6. The highest BCUT2D eigenvalue weighted by molar-refractivity contribution is 9.17. The second-order valence-electron chi connectivity index (χ2n) is 18.4. The van der Waals surface area contributed by atoms with E-state index in [1.54, 1.807) is 0 Å². The van der Waals surface area contributed by atoms with Gasteiger partial charge in [0, 0.05) is 111 Å². The molecular formula is C53H10Br16Cl2N4O8. The van der Waals surface area contributed by atoms with Gasteiger partial charge in [0.2, 0.25) is 0 Å². The molecule has 0 saturated carbocycles. The van der Waals surface area contributed by atoms with Gasteiger partial charge in [-0.15, -0.1) is 0 Å². The molecular weight excluding hydrogens is 2170 g/mol. The van der Waals surface area contributed by atoms with Crippen LogP contribution in [0.5, 0.6) is 0 Å². The number of nitrogens with zero attached hydrogens (tertiary/aromatic N) is 4. The lowest BCUT2D eigenvalue weighted by Crippen LogP contribution is -2.32. The number of ketones is 4. The molecule has 30 heteroatoms. The van der Waals surface area contributed by atoms with Gasteiger partial charge >= 0.3 is 0 Å². The van der Waals surface area contributed by atoms with Crippen molar-refractivity contribution >= 4 is 358 Å². The number of carbonyl (C=O) groups is 8. The molecule has 4 heterocycles. The van der Waals surface area contributed by atoms with Crippen LogP contribution in [0.15, 0.2) is 108 Å². The number of benzene rings is 6. The number of aromatic nitrogens is 2. The molecule has 2 aromatic heterocycles. The Morgan fingerprint density at radius 1 is 0.337 bits per heavy atom. The number of Topliss-reactive ketones (excluding diaryl/α,β-unsaturated/α-hetero) is 4. The number of hydrogen-bond acceptors (Lipinski definition) is 10. The number of amides is 4. The number of hydrogen-bond donors (Lipinski definition) is 0. The van der Waals surface area contributed by atoms with Crippen molar-refractivity contribution in [3.8, 4) is 0 Å². The molecule has 83 heavy (non-hydrogen) atoms. The number of halogens is 18. The van der Waals surface area contributed by atoms with E-state index in [2.05, 4.69) is 255 Å². The Hall–Kier alpha value is -0.640. The number of rotatable bonds is 6. The molecule has 12 rings (SSSR count). The lowest BCUT2D eigenvalue weighted by molar-refractivity contribution is 0.0871. The third-order valence-corrected chi connectivity index (χ3v) is 33.8. The number of carbonyl (C=O) groups excluding carboxylic acids is 8. The molecule has 0 fully saturated rings. The first-order valence-electron chi connectivity index (χ1n) is 22.7. The summed E-state index contributed by atoms with van der Waals surface area (Å²) in [5, 5.41) is 0.125. The quantitative estimate of drug-likeness (QED) is 0.0676. The van der Waals surface area contributed by atoms with E-state index in [0.717, 1.165) is 9.80 Å². The van der Waals surface area contributed by atoms with Crippen LogP contribution in [0.3, 0.4) is 0 Å². The van der Waals surface area contributed by atoms with Crippen LogP contribution in [0.25, 0.3) is 21.8 Å². The topological polar surface area (TPSA) is 169 Å². The molecule has 0 saturated heterocycles. The highest BCUT2D eigenvalue weighted by atomic mass is 79.9. The molecule has 4 amide bonds. The number of imide groups is 2. The van der Waals surface area contributed by atoms with Gasteiger partial charge in [-0.05, 0) is 302 Å². The fourth-order valence-corrected chi connectivity index (χ4v) is 21.1. The molecule has 4 aliphatic rings. The molecule has 0 unspecified atom stereocenters. The molecule has 2 aliphatic heterocycles. The van der Waals surface area contributed by atoms with E-state index in [-0.39, 0.29) is 135 Å². The van der Waals surface area contributed by atoms with Crippen molar-refractivity contribution in [3.63, 3.8) is 0 Å². The highest BCUT2D eigenvalue weighted by Gasteiger charge is 2.49. The number of pyridine rings is 2. The summed E-state index contributed by atoms with van der Waals surface area (Å²) in [5.74, 6) is -8.21. The van der Waals surface area contributed by atoms with Gasteiger partial charge in [-0.2, -0.15) is 0 Å². The number of fused-ring (bicyclic) bond motifs is 6. The third kappa shape index (κ3) is 9.09. The van der Waals surface area contributed by atoms with Crippen LogP contribution in [0.1, 0.15) is 117 Å². The van der Waals surface area contributed by atoms with Crippen molar-refractivity contribution < 1.29 is 38.4 Å². The van der Waals surface area contributed by atoms with E-state index >= 15 is 19.2 Å². The predicted octanol–water partition coefficient (Wildman–Crippen LogP) is 21.8. The van der Waals surface area contributed by atoms with Crippen LogP contribution < -0.4 is 9.80 Å². The molecule has 416 valence electrons. The van der Waals surface area contributed by atoms with Gasteiger partial charge in [-0.25, -0.2) is 19.8 Å². The summed E-state index contributed by atoms with van der Waals surface area (Å²) in [4.78, 5) is 130. The first kappa shape index (κ1) is 62.5. The molecule has 0 radical (unpaired) electrons. The van der Waals surface area contributed by atoms with Crippen LogP contribution in [0, 0.1) is 0 Å². The fraction of sp³-hybridized carbons (Fsp3) is 0.0566. The Kier molecular flexibility index (Phi) is 17.1. The van der Waals surface area contributed by atoms with E-state index in [1.165, 1.54) is 36.4 Å². The zero-order valence-electron chi connectivity index (χ0n) is 39.2. The van der Waals surface area contributed by atoms with Crippen molar-refractivity contribution in [2.45, 2.75) is 18.3 Å². The summed E-state index contributed by atoms with van der Waals surface area (Å²) >= 11 is 70.6. The van der Waals surface area contributed by atoms with E-state index in [0.29, 0.717) is 53.7 Å². The summed E-state index contributed by atoms with van der Waals surface area (Å²) < 4.78 is 6.00. The van der Waals surface area contributed by atoms with Gasteiger partial charge in [0.05, 0.1) is 66.1 Å². The van der Waals surface area contributed by atoms with Gasteiger partial charge in [-0.3, -0.25) is 38.4 Å². The van der Waals surface area contributed by atoms with Crippen molar-refractivity contribution in [1.82, 2.24) is 9.97 Å². The Morgan fingerprint density at radius 2 is 0.566 bits per heavy atom. The van der Waals surface area contributed by atoms with E-state index in [9.17, 15) is 19.2 Å². The minimum Gasteiger partial charge on any atom is -0.293 e. The maximum absolute atomic E-state index is 15.2.